The molecule has 0 unspecified atom stereocenters. The first-order chi connectivity index (χ1) is 17.4. The second-order valence-corrected chi connectivity index (χ2v) is 8.89. The molecule has 0 radical (unpaired) electrons. The van der Waals surface area contributed by atoms with Gasteiger partial charge in [-0.1, -0.05) is 6.07 Å². The van der Waals surface area contributed by atoms with Gasteiger partial charge in [0.1, 0.15) is 35.5 Å². The Morgan fingerprint density at radius 3 is 2.75 bits per heavy atom. The van der Waals surface area contributed by atoms with Gasteiger partial charge in [0.2, 0.25) is 5.91 Å². The molecular formula is C24H22F3N7O2. The molecule has 9 nitrogen and oxygen atoms in total. The molecule has 2 aromatic carbocycles. The number of piperazine rings is 1. The van der Waals surface area contributed by atoms with E-state index in [4.69, 9.17) is 4.74 Å². The zero-order valence-electron chi connectivity index (χ0n) is 19.4. The number of carbonyl (C=O) groups is 1. The predicted octanol–water partition coefficient (Wildman–Crippen LogP) is 2.09. The second-order valence-electron chi connectivity index (χ2n) is 8.89. The van der Waals surface area contributed by atoms with Gasteiger partial charge in [-0.3, -0.25) is 9.69 Å². The number of tetrazole rings is 1. The van der Waals surface area contributed by atoms with Crippen LogP contribution in [0.2, 0.25) is 0 Å². The first kappa shape index (κ1) is 23.9. The van der Waals surface area contributed by atoms with Crippen molar-refractivity contribution in [2.24, 2.45) is 0 Å². The highest BCUT2D eigenvalue weighted by Crippen LogP contribution is 2.31. The first-order valence-electron chi connectivity index (χ1n) is 11.4. The minimum Gasteiger partial charge on any atom is -0.370 e. The summed E-state index contributed by atoms with van der Waals surface area (Å²) >= 11 is 0. The summed E-state index contributed by atoms with van der Waals surface area (Å²) in [6.45, 7) is 4.00. The number of ether oxygens (including phenoxy) is 1. The fraction of sp³-hybridized carbons (Fsp3) is 0.375. The minimum atomic E-state index is -0.737. The Hall–Kier alpha value is -3.82. The van der Waals surface area contributed by atoms with Crippen molar-refractivity contribution in [3.8, 4) is 11.8 Å². The highest BCUT2D eigenvalue weighted by molar-refractivity contribution is 5.79. The van der Waals surface area contributed by atoms with Gasteiger partial charge in [0.25, 0.3) is 0 Å². The van der Waals surface area contributed by atoms with Crippen molar-refractivity contribution in [2.75, 3.05) is 32.8 Å². The summed E-state index contributed by atoms with van der Waals surface area (Å²) in [5.41, 5.74) is 1.16. The number of rotatable bonds is 4. The number of nitrogens with zero attached hydrogens (tertiary/aromatic N) is 7. The molecular weight excluding hydrogens is 475 g/mol. The van der Waals surface area contributed by atoms with Crippen LogP contribution in [0, 0.1) is 35.7 Å². The molecule has 1 aromatic heterocycles. The van der Waals surface area contributed by atoms with E-state index in [0.29, 0.717) is 38.3 Å². The number of nitriles is 1. The molecule has 0 bridgehead atoms. The number of hydrogen-bond acceptors (Lipinski definition) is 7. The lowest BCUT2D eigenvalue weighted by Crippen LogP contribution is -2.59. The monoisotopic (exact) mass is 497 g/mol. The Bertz CT molecular complexity index is 1340. The van der Waals surface area contributed by atoms with Gasteiger partial charge in [-0.25, -0.2) is 13.2 Å². The van der Waals surface area contributed by atoms with Crippen molar-refractivity contribution < 1.29 is 22.7 Å². The summed E-state index contributed by atoms with van der Waals surface area (Å²) in [4.78, 5) is 16.8. The quantitative estimate of drug-likeness (QED) is 0.544. The molecule has 36 heavy (non-hydrogen) atoms. The average molecular weight is 497 g/mol. The molecule has 3 heterocycles. The standard InChI is InChI=1S/C24H22F3N7O2/c1-14-17(2-3-19(25)18(14)9-28)23-11-32-4-5-33(10-16(32)12-36-23)24(35)7-15-6-21(27)22(8-20(15)26)34-13-29-30-31-34/h2-3,6,8,13,16,23H,4-5,7,10-12H2,1H3/t16-,23-/m0/s1. The van der Waals surface area contributed by atoms with Crippen molar-refractivity contribution in [1.82, 2.24) is 30.0 Å². The molecule has 0 aliphatic carbocycles. The van der Waals surface area contributed by atoms with E-state index in [2.05, 4.69) is 20.4 Å². The van der Waals surface area contributed by atoms with Gasteiger partial charge in [0.15, 0.2) is 0 Å². The van der Waals surface area contributed by atoms with E-state index in [1.807, 2.05) is 6.07 Å². The fourth-order valence-electron chi connectivity index (χ4n) is 4.81. The van der Waals surface area contributed by atoms with Gasteiger partial charge in [-0.2, -0.15) is 9.94 Å². The summed E-state index contributed by atoms with van der Waals surface area (Å²) in [6, 6.07) is 6.74. The summed E-state index contributed by atoms with van der Waals surface area (Å²) in [6.07, 6.45) is 0.561. The molecule has 0 spiro atoms. The van der Waals surface area contributed by atoms with Crippen LogP contribution in [-0.2, 0) is 16.0 Å². The first-order valence-corrected chi connectivity index (χ1v) is 11.4. The van der Waals surface area contributed by atoms with Crippen molar-refractivity contribution in [3.63, 3.8) is 0 Å². The van der Waals surface area contributed by atoms with Crippen LogP contribution >= 0.6 is 0 Å². The maximum atomic E-state index is 14.6. The van der Waals surface area contributed by atoms with E-state index in [0.717, 1.165) is 28.7 Å². The summed E-state index contributed by atoms with van der Waals surface area (Å²) in [5, 5.41) is 19.6. The minimum absolute atomic E-state index is 0.0169. The number of morpholine rings is 1. The van der Waals surface area contributed by atoms with Crippen molar-refractivity contribution in [1.29, 1.82) is 5.26 Å². The summed E-state index contributed by atoms with van der Waals surface area (Å²) in [7, 11) is 0. The van der Waals surface area contributed by atoms with E-state index in [1.54, 1.807) is 17.9 Å². The van der Waals surface area contributed by atoms with Crippen LogP contribution in [0.5, 0.6) is 0 Å². The number of benzene rings is 2. The summed E-state index contributed by atoms with van der Waals surface area (Å²) < 4.78 is 50.1. The van der Waals surface area contributed by atoms with Crippen molar-refractivity contribution >= 4 is 5.91 Å². The zero-order chi connectivity index (χ0) is 25.4. The van der Waals surface area contributed by atoms with Crippen LogP contribution in [0.15, 0.2) is 30.6 Å². The Balaban J connectivity index is 1.23. The average Bonchev–Trinajstić information content (AvgIpc) is 3.40. The van der Waals surface area contributed by atoms with E-state index in [-0.39, 0.29) is 41.3 Å². The van der Waals surface area contributed by atoms with Crippen LogP contribution < -0.4 is 0 Å². The fourth-order valence-corrected chi connectivity index (χ4v) is 4.81. The predicted molar refractivity (Wildman–Crippen MR) is 119 cm³/mol. The smallest absolute Gasteiger partial charge is 0.227 e. The highest BCUT2D eigenvalue weighted by Gasteiger charge is 2.36. The molecule has 2 saturated heterocycles. The maximum Gasteiger partial charge on any atom is 0.227 e. The van der Waals surface area contributed by atoms with Crippen LogP contribution in [-0.4, -0.2) is 74.7 Å². The summed E-state index contributed by atoms with van der Waals surface area (Å²) in [5.74, 6) is -2.32. The lowest BCUT2D eigenvalue weighted by atomic mass is 9.96. The number of carbonyl (C=O) groups excluding carboxylic acids is 1. The molecule has 2 fully saturated rings. The molecule has 1 amide bonds. The van der Waals surface area contributed by atoms with Crippen molar-refractivity contribution in [2.45, 2.75) is 25.5 Å². The molecule has 3 aromatic rings. The van der Waals surface area contributed by atoms with Crippen molar-refractivity contribution in [3.05, 3.63) is 70.3 Å². The van der Waals surface area contributed by atoms with Gasteiger partial charge in [0, 0.05) is 37.8 Å². The topological polar surface area (TPSA) is 100 Å². The third kappa shape index (κ3) is 4.43. The van der Waals surface area contributed by atoms with Crippen LogP contribution in [0.4, 0.5) is 13.2 Å². The van der Waals surface area contributed by atoms with Crippen LogP contribution in [0.1, 0.15) is 28.4 Å². The maximum absolute atomic E-state index is 14.6. The van der Waals surface area contributed by atoms with Crippen LogP contribution in [0.3, 0.4) is 0 Å². The van der Waals surface area contributed by atoms with E-state index < -0.39 is 17.5 Å². The zero-order valence-corrected chi connectivity index (χ0v) is 19.4. The highest BCUT2D eigenvalue weighted by atomic mass is 19.1. The number of hydrogen-bond donors (Lipinski definition) is 0. The molecule has 0 N–H and O–H groups in total. The largest absolute Gasteiger partial charge is 0.370 e. The SMILES string of the molecule is Cc1c([C@@H]2CN3CCN(C(=O)Cc4cc(F)c(-n5cnnn5)cc4F)C[C@H]3CO2)ccc(F)c1C#N. The number of fused-ring (bicyclic) bond motifs is 1. The van der Waals surface area contributed by atoms with E-state index in [9.17, 15) is 23.2 Å². The van der Waals surface area contributed by atoms with E-state index >= 15 is 0 Å². The lowest BCUT2D eigenvalue weighted by Gasteiger charge is -2.46. The van der Waals surface area contributed by atoms with Gasteiger partial charge in [-0.05, 0) is 40.6 Å². The van der Waals surface area contributed by atoms with Crippen LogP contribution in [0.25, 0.3) is 5.69 Å². The lowest BCUT2D eigenvalue weighted by molar-refractivity contribution is -0.139. The molecule has 0 saturated carbocycles. The second kappa shape index (κ2) is 9.67. The number of halogens is 3. The van der Waals surface area contributed by atoms with Gasteiger partial charge >= 0.3 is 0 Å². The Kier molecular flexibility index (Phi) is 6.42. The molecule has 2 atom stereocenters. The normalized spacial score (nSPS) is 20.1. The Morgan fingerprint density at radius 2 is 2.00 bits per heavy atom. The Morgan fingerprint density at radius 1 is 1.17 bits per heavy atom. The number of aromatic nitrogens is 4. The third-order valence-corrected chi connectivity index (χ3v) is 6.82. The van der Waals surface area contributed by atoms with E-state index in [1.165, 1.54) is 6.07 Å². The molecule has 186 valence electrons. The molecule has 2 aliphatic heterocycles. The third-order valence-electron chi connectivity index (χ3n) is 6.82. The Labute approximate surface area is 204 Å². The van der Waals surface area contributed by atoms with Gasteiger partial charge < -0.3 is 9.64 Å². The van der Waals surface area contributed by atoms with Gasteiger partial charge in [-0.15, -0.1) is 5.10 Å². The molecule has 12 heteroatoms. The molecule has 5 rings (SSSR count). The molecule has 2 aliphatic rings. The number of amides is 1. The van der Waals surface area contributed by atoms with Gasteiger partial charge in [0.05, 0.1) is 30.7 Å².